The largest absolute Gasteiger partial charge is 0.385 e. The number of likely N-dealkylation sites (tertiary alicyclic amines) is 1. The molecule has 1 heterocycles. The number of nitrogens with one attached hydrogen (secondary N) is 2. The van der Waals surface area contributed by atoms with Crippen LogP contribution in [-0.4, -0.2) is 63.3 Å². The van der Waals surface area contributed by atoms with Gasteiger partial charge in [0.25, 0.3) is 0 Å². The van der Waals surface area contributed by atoms with Crippen molar-refractivity contribution in [3.8, 4) is 0 Å². The molecule has 136 valence electrons. The number of rotatable bonds is 9. The predicted molar refractivity (Wildman–Crippen MR) is 110 cm³/mol. The van der Waals surface area contributed by atoms with E-state index in [4.69, 9.17) is 4.74 Å². The molecule has 1 saturated heterocycles. The molecule has 0 aromatic heterocycles. The monoisotopic (exact) mass is 438 g/mol. The van der Waals surface area contributed by atoms with Gasteiger partial charge >= 0.3 is 0 Å². The second-order valence-corrected chi connectivity index (χ2v) is 5.72. The van der Waals surface area contributed by atoms with Crippen LogP contribution in [0.4, 0.5) is 0 Å². The van der Waals surface area contributed by atoms with Gasteiger partial charge < -0.3 is 20.3 Å². The minimum Gasteiger partial charge on any atom is -0.385 e. The standard InChI is InChI=1S/C17H34N4O.HI/c1-4-6-7-11-19-17(18-5-2)20-16-9-13-21(14-10-16)12-8-15-22-3;/h4,6,16H,5,7-15H2,1-3H3,(H2,18,19,20);1H/b6-4+;. The minimum absolute atomic E-state index is 0. The molecule has 5 nitrogen and oxygen atoms in total. The Hall–Kier alpha value is -0.340. The summed E-state index contributed by atoms with van der Waals surface area (Å²) in [5, 5.41) is 6.93. The first-order valence-corrected chi connectivity index (χ1v) is 8.67. The number of aliphatic imine (C=N–C) groups is 1. The number of halogens is 1. The zero-order chi connectivity index (χ0) is 16.0. The molecule has 1 aliphatic rings. The summed E-state index contributed by atoms with van der Waals surface area (Å²) in [6.45, 7) is 10.3. The Balaban J connectivity index is 0.00000484. The minimum atomic E-state index is 0. The first-order valence-electron chi connectivity index (χ1n) is 8.67. The second kappa shape index (κ2) is 15.2. The lowest BCUT2D eigenvalue weighted by Gasteiger charge is -2.33. The summed E-state index contributed by atoms with van der Waals surface area (Å²) in [7, 11) is 1.77. The number of piperidine rings is 1. The maximum Gasteiger partial charge on any atom is 0.191 e. The van der Waals surface area contributed by atoms with Gasteiger partial charge in [0.2, 0.25) is 0 Å². The molecular weight excluding hydrogens is 403 g/mol. The molecule has 0 spiro atoms. The molecule has 6 heteroatoms. The van der Waals surface area contributed by atoms with Crippen LogP contribution in [0.5, 0.6) is 0 Å². The van der Waals surface area contributed by atoms with E-state index in [1.165, 1.54) is 25.9 Å². The van der Waals surface area contributed by atoms with Crippen molar-refractivity contribution in [2.75, 3.05) is 46.4 Å². The van der Waals surface area contributed by atoms with Crippen LogP contribution in [0.15, 0.2) is 17.1 Å². The van der Waals surface area contributed by atoms with E-state index in [2.05, 4.69) is 39.6 Å². The van der Waals surface area contributed by atoms with Crippen LogP contribution in [0.2, 0.25) is 0 Å². The third kappa shape index (κ3) is 10.9. The summed E-state index contributed by atoms with van der Waals surface area (Å²) in [6, 6.07) is 0.540. The SMILES string of the molecule is C/C=C/CCN=C(NCC)NC1CCN(CCCOC)CC1.I. The molecule has 1 fully saturated rings. The van der Waals surface area contributed by atoms with Gasteiger partial charge in [-0.25, -0.2) is 0 Å². The van der Waals surface area contributed by atoms with Crippen molar-refractivity contribution in [2.24, 2.45) is 4.99 Å². The fourth-order valence-electron chi connectivity index (χ4n) is 2.66. The second-order valence-electron chi connectivity index (χ2n) is 5.72. The molecule has 0 bridgehead atoms. The van der Waals surface area contributed by atoms with E-state index in [0.717, 1.165) is 45.0 Å². The van der Waals surface area contributed by atoms with Gasteiger partial charge in [-0.15, -0.1) is 24.0 Å². The Labute approximate surface area is 159 Å². The normalized spacial score (nSPS) is 17.3. The van der Waals surface area contributed by atoms with Crippen molar-refractivity contribution in [1.82, 2.24) is 15.5 Å². The summed E-state index contributed by atoms with van der Waals surface area (Å²) < 4.78 is 5.12. The van der Waals surface area contributed by atoms with Gasteiger partial charge in [0.05, 0.1) is 0 Å². The number of allylic oxidation sites excluding steroid dienone is 1. The van der Waals surface area contributed by atoms with Gasteiger partial charge in [0, 0.05) is 52.5 Å². The Morgan fingerprint density at radius 3 is 2.70 bits per heavy atom. The molecule has 1 rings (SSSR count). The number of methoxy groups -OCH3 is 1. The van der Waals surface area contributed by atoms with Crippen LogP contribution >= 0.6 is 24.0 Å². The Bertz CT molecular complexity index is 329. The number of nitrogens with zero attached hydrogens (tertiary/aromatic N) is 2. The summed E-state index contributed by atoms with van der Waals surface area (Å²) in [5.41, 5.74) is 0. The lowest BCUT2D eigenvalue weighted by molar-refractivity contribution is 0.155. The highest BCUT2D eigenvalue weighted by Crippen LogP contribution is 2.10. The number of ether oxygens (including phenoxy) is 1. The van der Waals surface area contributed by atoms with Crippen molar-refractivity contribution >= 4 is 29.9 Å². The Morgan fingerprint density at radius 2 is 2.09 bits per heavy atom. The van der Waals surface area contributed by atoms with Crippen molar-refractivity contribution in [1.29, 1.82) is 0 Å². The fourth-order valence-corrected chi connectivity index (χ4v) is 2.66. The van der Waals surface area contributed by atoms with E-state index in [1.807, 2.05) is 6.92 Å². The first-order chi connectivity index (χ1) is 10.8. The molecule has 2 N–H and O–H groups in total. The van der Waals surface area contributed by atoms with Crippen LogP contribution in [0.3, 0.4) is 0 Å². The molecular formula is C17H35IN4O. The lowest BCUT2D eigenvalue weighted by Crippen LogP contribution is -2.48. The molecule has 0 aromatic rings. The number of hydrogen-bond donors (Lipinski definition) is 2. The lowest BCUT2D eigenvalue weighted by atomic mass is 10.1. The third-order valence-electron chi connectivity index (χ3n) is 3.90. The maximum absolute atomic E-state index is 5.12. The molecule has 0 radical (unpaired) electrons. The van der Waals surface area contributed by atoms with Gasteiger partial charge in [0.15, 0.2) is 5.96 Å². The van der Waals surface area contributed by atoms with Gasteiger partial charge in [-0.05, 0) is 39.5 Å². The van der Waals surface area contributed by atoms with Gasteiger partial charge in [-0.1, -0.05) is 12.2 Å². The fraction of sp³-hybridized carbons (Fsp3) is 0.824. The van der Waals surface area contributed by atoms with Crippen molar-refractivity contribution in [3.63, 3.8) is 0 Å². The van der Waals surface area contributed by atoms with Crippen LogP contribution in [-0.2, 0) is 4.74 Å². The van der Waals surface area contributed by atoms with E-state index in [0.29, 0.717) is 6.04 Å². The van der Waals surface area contributed by atoms with E-state index in [-0.39, 0.29) is 24.0 Å². The quantitative estimate of drug-likeness (QED) is 0.191. The molecule has 23 heavy (non-hydrogen) atoms. The van der Waals surface area contributed by atoms with E-state index < -0.39 is 0 Å². The molecule has 0 aliphatic carbocycles. The Morgan fingerprint density at radius 1 is 1.35 bits per heavy atom. The maximum atomic E-state index is 5.12. The van der Waals surface area contributed by atoms with E-state index in [1.54, 1.807) is 7.11 Å². The number of hydrogen-bond acceptors (Lipinski definition) is 3. The van der Waals surface area contributed by atoms with E-state index in [9.17, 15) is 0 Å². The van der Waals surface area contributed by atoms with Crippen LogP contribution in [0.1, 0.15) is 39.5 Å². The first kappa shape index (κ1) is 22.7. The molecule has 0 amide bonds. The summed E-state index contributed by atoms with van der Waals surface area (Å²) in [6.07, 6.45) is 8.74. The molecule has 0 aromatic carbocycles. The highest BCUT2D eigenvalue weighted by atomic mass is 127. The number of guanidine groups is 1. The predicted octanol–water partition coefficient (Wildman–Crippen LogP) is 2.63. The van der Waals surface area contributed by atoms with Crippen molar-refractivity contribution in [3.05, 3.63) is 12.2 Å². The van der Waals surface area contributed by atoms with Crippen molar-refractivity contribution < 1.29 is 4.74 Å². The van der Waals surface area contributed by atoms with Gasteiger partial charge in [-0.2, -0.15) is 0 Å². The average Bonchev–Trinajstić information content (AvgIpc) is 2.53. The zero-order valence-electron chi connectivity index (χ0n) is 15.0. The molecule has 0 unspecified atom stereocenters. The van der Waals surface area contributed by atoms with E-state index >= 15 is 0 Å². The third-order valence-corrected chi connectivity index (χ3v) is 3.90. The zero-order valence-corrected chi connectivity index (χ0v) is 17.3. The van der Waals surface area contributed by atoms with Gasteiger partial charge in [0.1, 0.15) is 0 Å². The van der Waals surface area contributed by atoms with Crippen molar-refractivity contribution in [2.45, 2.75) is 45.6 Å². The highest BCUT2D eigenvalue weighted by Gasteiger charge is 2.19. The highest BCUT2D eigenvalue weighted by molar-refractivity contribution is 14.0. The smallest absolute Gasteiger partial charge is 0.191 e. The molecule has 0 saturated carbocycles. The topological polar surface area (TPSA) is 48.9 Å². The summed E-state index contributed by atoms with van der Waals surface area (Å²) in [4.78, 5) is 7.17. The molecule has 1 aliphatic heterocycles. The summed E-state index contributed by atoms with van der Waals surface area (Å²) >= 11 is 0. The van der Waals surface area contributed by atoms with Crippen LogP contribution in [0, 0.1) is 0 Å². The average molecular weight is 438 g/mol. The van der Waals surface area contributed by atoms with Gasteiger partial charge in [-0.3, -0.25) is 4.99 Å². The molecule has 0 atom stereocenters. The Kier molecular flexibility index (Phi) is 15.0. The summed E-state index contributed by atoms with van der Waals surface area (Å²) in [5.74, 6) is 0.963. The van der Waals surface area contributed by atoms with Crippen LogP contribution in [0.25, 0.3) is 0 Å². The van der Waals surface area contributed by atoms with Crippen LogP contribution < -0.4 is 10.6 Å².